The van der Waals surface area contributed by atoms with Crippen LogP contribution in [0.3, 0.4) is 0 Å². The van der Waals surface area contributed by atoms with Crippen molar-refractivity contribution in [1.29, 1.82) is 0 Å². The summed E-state index contributed by atoms with van der Waals surface area (Å²) < 4.78 is 29.5. The van der Waals surface area contributed by atoms with Gasteiger partial charge in [-0.05, 0) is 34.1 Å². The summed E-state index contributed by atoms with van der Waals surface area (Å²) in [7, 11) is 0. The molecule has 3 fully saturated rings. The lowest BCUT2D eigenvalue weighted by Gasteiger charge is -2.43. The van der Waals surface area contributed by atoms with Gasteiger partial charge in [0, 0.05) is 6.08 Å². The van der Waals surface area contributed by atoms with E-state index in [1.807, 2.05) is 0 Å². The highest BCUT2D eigenvalue weighted by atomic mass is 16.9. The van der Waals surface area contributed by atoms with Crippen molar-refractivity contribution >= 4 is 5.97 Å². The van der Waals surface area contributed by atoms with E-state index in [-0.39, 0.29) is 19.1 Å². The molecule has 3 heterocycles. The first-order valence-electron chi connectivity index (χ1n) is 8.00. The third-order valence-corrected chi connectivity index (χ3v) is 4.29. The zero-order valence-electron chi connectivity index (χ0n) is 14.2. The van der Waals surface area contributed by atoms with Crippen molar-refractivity contribution in [2.45, 2.75) is 75.9 Å². The highest BCUT2D eigenvalue weighted by Crippen LogP contribution is 2.49. The molecule has 0 aromatic rings. The molecular weight excluding hydrogens is 320 g/mol. The van der Waals surface area contributed by atoms with Crippen molar-refractivity contribution in [3.63, 3.8) is 0 Å². The first-order valence-corrected chi connectivity index (χ1v) is 8.00. The maximum atomic E-state index is 10.7. The van der Waals surface area contributed by atoms with Crippen LogP contribution in [0.5, 0.6) is 0 Å². The van der Waals surface area contributed by atoms with Crippen LogP contribution in [0.15, 0.2) is 12.2 Å². The number of aliphatic hydroxyl groups is 1. The molecule has 2 N–H and O–H groups in total. The molecule has 8 heteroatoms. The number of carboxylic acid groups (broad SMARTS) is 1. The zero-order chi connectivity index (χ0) is 17.8. The Morgan fingerprint density at radius 3 is 2.58 bits per heavy atom. The normalized spacial score (nSPS) is 41.1. The number of fused-ring (bicyclic) bond motifs is 3. The second kappa shape index (κ2) is 5.76. The predicted octanol–water partition coefficient (Wildman–Crippen LogP) is 0.776. The van der Waals surface area contributed by atoms with Gasteiger partial charge in [-0.3, -0.25) is 0 Å². The summed E-state index contributed by atoms with van der Waals surface area (Å²) in [5.74, 6) is -4.28. The molecule has 3 rings (SSSR count). The van der Waals surface area contributed by atoms with Crippen molar-refractivity contribution in [2.24, 2.45) is 0 Å². The maximum Gasteiger partial charge on any atom is 0.327 e. The molecule has 0 bridgehead atoms. The Bertz CT molecular complexity index is 542. The summed E-state index contributed by atoms with van der Waals surface area (Å²) in [6, 6.07) is 0. The summed E-state index contributed by atoms with van der Waals surface area (Å²) in [6.45, 7) is 7.25. The van der Waals surface area contributed by atoms with E-state index in [1.54, 1.807) is 27.7 Å². The van der Waals surface area contributed by atoms with Gasteiger partial charge in [0.1, 0.15) is 24.4 Å². The molecule has 24 heavy (non-hydrogen) atoms. The van der Waals surface area contributed by atoms with E-state index in [4.69, 9.17) is 28.8 Å². The number of aliphatic hydroxyl groups excluding tert-OH is 1. The average Bonchev–Trinajstić information content (AvgIpc) is 2.90. The Morgan fingerprint density at radius 1 is 1.21 bits per heavy atom. The van der Waals surface area contributed by atoms with E-state index in [9.17, 15) is 9.90 Å². The van der Waals surface area contributed by atoms with Crippen molar-refractivity contribution in [3.8, 4) is 0 Å². The maximum absolute atomic E-state index is 10.7. The van der Waals surface area contributed by atoms with Crippen LogP contribution in [0.1, 0.15) is 34.1 Å². The van der Waals surface area contributed by atoms with Gasteiger partial charge < -0.3 is 33.9 Å². The number of aliphatic carboxylic acids is 1. The van der Waals surface area contributed by atoms with Crippen LogP contribution in [0.25, 0.3) is 0 Å². The minimum absolute atomic E-state index is 0.0455. The van der Waals surface area contributed by atoms with Gasteiger partial charge in [-0.1, -0.05) is 6.08 Å². The van der Waals surface area contributed by atoms with E-state index in [1.165, 1.54) is 6.08 Å². The van der Waals surface area contributed by atoms with Crippen LogP contribution in [-0.2, 0) is 28.5 Å². The SMILES string of the molecule is CC1(C)O[C@@H]2[C@@H](CO[C@@]3(C(O)C/C=C/C(=O)O)OC(C)(C)O[C@@H]23)O1. The summed E-state index contributed by atoms with van der Waals surface area (Å²) in [5.41, 5.74) is 0. The molecule has 0 aromatic carbocycles. The molecule has 1 unspecified atom stereocenters. The monoisotopic (exact) mass is 344 g/mol. The van der Waals surface area contributed by atoms with Crippen molar-refractivity contribution in [2.75, 3.05) is 6.61 Å². The first kappa shape index (κ1) is 17.8. The smallest absolute Gasteiger partial charge is 0.327 e. The molecule has 8 nitrogen and oxygen atoms in total. The lowest BCUT2D eigenvalue weighted by atomic mass is 9.91. The molecular formula is C16H24O8. The molecule has 3 saturated heterocycles. The quantitative estimate of drug-likeness (QED) is 0.721. The van der Waals surface area contributed by atoms with Gasteiger partial charge in [-0.2, -0.15) is 0 Å². The van der Waals surface area contributed by atoms with Gasteiger partial charge in [0.05, 0.1) is 6.61 Å². The van der Waals surface area contributed by atoms with Gasteiger partial charge in [0.2, 0.25) is 5.79 Å². The highest BCUT2D eigenvalue weighted by molar-refractivity contribution is 5.79. The van der Waals surface area contributed by atoms with Crippen LogP contribution in [0.4, 0.5) is 0 Å². The van der Waals surface area contributed by atoms with Crippen molar-refractivity contribution in [3.05, 3.63) is 12.2 Å². The van der Waals surface area contributed by atoms with Gasteiger partial charge in [-0.25, -0.2) is 4.79 Å². The van der Waals surface area contributed by atoms with Gasteiger partial charge >= 0.3 is 5.97 Å². The van der Waals surface area contributed by atoms with Gasteiger partial charge in [0.15, 0.2) is 11.6 Å². The summed E-state index contributed by atoms with van der Waals surface area (Å²) in [5, 5.41) is 19.4. The topological polar surface area (TPSA) is 104 Å². The molecule has 5 atom stereocenters. The van der Waals surface area contributed by atoms with E-state index >= 15 is 0 Å². The Balaban J connectivity index is 1.85. The van der Waals surface area contributed by atoms with E-state index in [0.29, 0.717) is 0 Å². The Morgan fingerprint density at radius 2 is 1.92 bits per heavy atom. The van der Waals surface area contributed by atoms with Crippen LogP contribution in [-0.4, -0.2) is 64.6 Å². The van der Waals surface area contributed by atoms with Crippen LogP contribution in [0, 0.1) is 0 Å². The third kappa shape index (κ3) is 3.10. The van der Waals surface area contributed by atoms with Gasteiger partial charge in [0.25, 0.3) is 0 Å². The Labute approximate surface area is 140 Å². The van der Waals surface area contributed by atoms with Crippen LogP contribution in [0.2, 0.25) is 0 Å². The van der Waals surface area contributed by atoms with Crippen molar-refractivity contribution in [1.82, 2.24) is 0 Å². The van der Waals surface area contributed by atoms with Crippen LogP contribution < -0.4 is 0 Å². The minimum atomic E-state index is -1.43. The molecule has 0 aromatic heterocycles. The summed E-state index contributed by atoms with van der Waals surface area (Å²) in [6.07, 6.45) is -0.205. The zero-order valence-corrected chi connectivity index (χ0v) is 14.2. The number of hydrogen-bond acceptors (Lipinski definition) is 7. The summed E-state index contributed by atoms with van der Waals surface area (Å²) in [4.78, 5) is 10.6. The Kier molecular flexibility index (Phi) is 4.26. The number of hydrogen-bond donors (Lipinski definition) is 2. The predicted molar refractivity (Wildman–Crippen MR) is 79.9 cm³/mol. The number of ether oxygens (including phenoxy) is 5. The first-order chi connectivity index (χ1) is 11.0. The third-order valence-electron chi connectivity index (χ3n) is 4.29. The fourth-order valence-corrected chi connectivity index (χ4v) is 3.54. The lowest BCUT2D eigenvalue weighted by Crippen LogP contribution is -2.63. The standard InChI is InChI=1S/C16H24O8/c1-14(2)21-9-8-20-16(10(17)6-5-7-11(18)19)13(12(9)22-14)23-15(3,4)24-16/h5,7,9-10,12-13,17H,6,8H2,1-4H3,(H,18,19)/b7-5+/t9-,10?,12-,13+,16+/m1/s1. The Hall–Kier alpha value is -1.03. The van der Waals surface area contributed by atoms with E-state index in [0.717, 1.165) is 6.08 Å². The van der Waals surface area contributed by atoms with E-state index < -0.39 is 41.6 Å². The van der Waals surface area contributed by atoms with Crippen LogP contribution >= 0.6 is 0 Å². The average molecular weight is 344 g/mol. The number of carbonyl (C=O) groups is 1. The molecule has 0 spiro atoms. The molecule has 0 aliphatic carbocycles. The lowest BCUT2D eigenvalue weighted by molar-refractivity contribution is -0.317. The van der Waals surface area contributed by atoms with E-state index in [2.05, 4.69) is 0 Å². The molecule has 0 amide bonds. The highest BCUT2D eigenvalue weighted by Gasteiger charge is 2.67. The molecule has 0 saturated carbocycles. The molecule has 0 radical (unpaired) electrons. The molecule has 3 aliphatic rings. The second-order valence-corrected chi connectivity index (χ2v) is 7.20. The largest absolute Gasteiger partial charge is 0.478 e. The number of rotatable bonds is 4. The summed E-state index contributed by atoms with van der Waals surface area (Å²) >= 11 is 0. The fourth-order valence-electron chi connectivity index (χ4n) is 3.54. The van der Waals surface area contributed by atoms with Crippen molar-refractivity contribution < 1.29 is 38.7 Å². The van der Waals surface area contributed by atoms with Gasteiger partial charge in [-0.15, -0.1) is 0 Å². The molecule has 3 aliphatic heterocycles. The minimum Gasteiger partial charge on any atom is -0.478 e. The molecule has 136 valence electrons. The fraction of sp³-hybridized carbons (Fsp3) is 0.812. The second-order valence-electron chi connectivity index (χ2n) is 7.20. The number of carboxylic acids is 1.